The lowest BCUT2D eigenvalue weighted by Gasteiger charge is -2.04. The average Bonchev–Trinajstić information content (AvgIpc) is 2.47. The monoisotopic (exact) mass is 312 g/mol. The normalized spacial score (nSPS) is 11.1. The minimum Gasteiger partial charge on any atom is -0.399 e. The summed E-state index contributed by atoms with van der Waals surface area (Å²) in [5.74, 6) is -7.78. The summed E-state index contributed by atoms with van der Waals surface area (Å²) in [4.78, 5) is 8.91. The lowest BCUT2D eigenvalue weighted by Crippen LogP contribution is -2.05. The number of benzene rings is 2. The summed E-state index contributed by atoms with van der Waals surface area (Å²) in [6, 6.07) is 6.06. The van der Waals surface area contributed by atoms with Crippen LogP contribution in [0, 0.1) is 33.4 Å². The number of nitro groups is 1. The largest absolute Gasteiger partial charge is 0.399 e. The van der Waals surface area contributed by atoms with E-state index in [9.17, 15) is 27.7 Å². The molecule has 0 unspecified atom stereocenters. The number of nitro benzene ring substituents is 1. The van der Waals surface area contributed by atoms with Gasteiger partial charge in [-0.1, -0.05) is 18.2 Å². The van der Waals surface area contributed by atoms with Crippen molar-refractivity contribution in [2.45, 2.75) is 0 Å². The molecule has 0 atom stereocenters. The van der Waals surface area contributed by atoms with Crippen LogP contribution in [0.5, 0.6) is 0 Å². The highest BCUT2D eigenvalue weighted by atomic mass is 19.2. The fourth-order valence-corrected chi connectivity index (χ4v) is 1.73. The molecule has 2 aromatic carbocycles. The van der Waals surface area contributed by atoms with E-state index >= 15 is 0 Å². The Balaban J connectivity index is 2.52. The molecule has 0 spiro atoms. The van der Waals surface area contributed by atoms with Gasteiger partial charge in [-0.05, 0) is 23.8 Å². The molecule has 0 bridgehead atoms. The zero-order valence-corrected chi connectivity index (χ0v) is 10.8. The highest BCUT2D eigenvalue weighted by Gasteiger charge is 2.31. The van der Waals surface area contributed by atoms with Crippen molar-refractivity contribution in [3.8, 4) is 0 Å². The summed E-state index contributed by atoms with van der Waals surface area (Å²) in [5, 5.41) is 10.4. The Morgan fingerprint density at radius 3 is 1.86 bits per heavy atom. The van der Waals surface area contributed by atoms with Crippen molar-refractivity contribution in [1.82, 2.24) is 0 Å². The molecule has 2 N–H and O–H groups in total. The van der Waals surface area contributed by atoms with E-state index in [1.165, 1.54) is 30.3 Å². The van der Waals surface area contributed by atoms with Crippen LogP contribution in [0.1, 0.15) is 11.1 Å². The standard InChI is InChI=1S/C14H8F4N2O2/c15-10-9(6-3-7-1-4-8(19)5-2-7)11(16)13(18)14(12(10)17)20(21)22/h1-6H,19H2/b6-3+. The molecule has 0 radical (unpaired) electrons. The third kappa shape index (κ3) is 2.76. The molecule has 0 fully saturated rings. The molecule has 0 saturated carbocycles. The smallest absolute Gasteiger partial charge is 0.346 e. The molecular weight excluding hydrogens is 304 g/mol. The predicted molar refractivity (Wildman–Crippen MR) is 72.7 cm³/mol. The Bertz CT molecular complexity index is 744. The third-order valence-electron chi connectivity index (χ3n) is 2.84. The first kappa shape index (κ1) is 15.5. The molecule has 22 heavy (non-hydrogen) atoms. The lowest BCUT2D eigenvalue weighted by molar-refractivity contribution is -0.390. The van der Waals surface area contributed by atoms with Gasteiger partial charge in [0.15, 0.2) is 11.6 Å². The summed E-state index contributed by atoms with van der Waals surface area (Å²) in [6.45, 7) is 0. The van der Waals surface area contributed by atoms with Crippen LogP contribution in [0.15, 0.2) is 24.3 Å². The first-order valence-corrected chi connectivity index (χ1v) is 5.87. The Labute approximate surface area is 121 Å². The zero-order chi connectivity index (χ0) is 16.4. The van der Waals surface area contributed by atoms with E-state index in [1.54, 1.807) is 0 Å². The minimum atomic E-state index is -2.05. The molecule has 0 aliphatic heterocycles. The van der Waals surface area contributed by atoms with Crippen LogP contribution >= 0.6 is 0 Å². The van der Waals surface area contributed by atoms with Gasteiger partial charge in [0.05, 0.1) is 10.5 Å². The fraction of sp³-hybridized carbons (Fsp3) is 0. The highest BCUT2D eigenvalue weighted by Crippen LogP contribution is 2.30. The van der Waals surface area contributed by atoms with Crippen LogP contribution in [0.4, 0.5) is 28.9 Å². The quantitative estimate of drug-likeness (QED) is 0.233. The molecule has 2 rings (SSSR count). The zero-order valence-electron chi connectivity index (χ0n) is 10.8. The summed E-state index contributed by atoms with van der Waals surface area (Å²) < 4.78 is 54.3. The minimum absolute atomic E-state index is 0.460. The van der Waals surface area contributed by atoms with Crippen molar-refractivity contribution in [2.24, 2.45) is 0 Å². The molecule has 0 amide bonds. The first-order valence-electron chi connectivity index (χ1n) is 5.87. The van der Waals surface area contributed by atoms with Crippen molar-refractivity contribution >= 4 is 23.5 Å². The van der Waals surface area contributed by atoms with Gasteiger partial charge < -0.3 is 5.73 Å². The topological polar surface area (TPSA) is 69.2 Å². The van der Waals surface area contributed by atoms with Gasteiger partial charge in [0.1, 0.15) is 0 Å². The average molecular weight is 312 g/mol. The lowest BCUT2D eigenvalue weighted by atomic mass is 10.1. The van der Waals surface area contributed by atoms with E-state index in [4.69, 9.17) is 5.73 Å². The second-order valence-electron chi connectivity index (χ2n) is 4.28. The number of hydrogen-bond acceptors (Lipinski definition) is 3. The molecule has 0 aliphatic rings. The molecule has 0 heterocycles. The molecule has 8 heteroatoms. The molecule has 114 valence electrons. The number of hydrogen-bond donors (Lipinski definition) is 1. The van der Waals surface area contributed by atoms with Crippen LogP contribution in [0.25, 0.3) is 12.2 Å². The van der Waals surface area contributed by atoms with E-state index < -0.39 is 39.4 Å². The maximum absolute atomic E-state index is 13.7. The number of nitrogens with two attached hydrogens (primary N) is 1. The van der Waals surface area contributed by atoms with Crippen molar-refractivity contribution in [1.29, 1.82) is 0 Å². The Hall–Kier alpha value is -2.90. The molecular formula is C14H8F4N2O2. The third-order valence-corrected chi connectivity index (χ3v) is 2.84. The fourth-order valence-electron chi connectivity index (χ4n) is 1.73. The summed E-state index contributed by atoms with van der Waals surface area (Å²) >= 11 is 0. The number of halogens is 4. The van der Waals surface area contributed by atoms with Crippen LogP contribution in [0.2, 0.25) is 0 Å². The maximum atomic E-state index is 13.7. The second kappa shape index (κ2) is 5.84. The second-order valence-corrected chi connectivity index (χ2v) is 4.28. The molecule has 4 nitrogen and oxygen atoms in total. The van der Waals surface area contributed by atoms with Gasteiger partial charge in [-0.3, -0.25) is 10.1 Å². The van der Waals surface area contributed by atoms with Crippen molar-refractivity contribution < 1.29 is 22.5 Å². The molecule has 0 aliphatic carbocycles. The van der Waals surface area contributed by atoms with E-state index in [2.05, 4.69) is 0 Å². The van der Waals surface area contributed by atoms with E-state index in [-0.39, 0.29) is 0 Å². The van der Waals surface area contributed by atoms with Gasteiger partial charge >= 0.3 is 5.69 Å². The Morgan fingerprint density at radius 2 is 1.41 bits per heavy atom. The predicted octanol–water partition coefficient (Wildman–Crippen LogP) is 3.90. The Kier molecular flexibility index (Phi) is 4.11. The summed E-state index contributed by atoms with van der Waals surface area (Å²) in [5.41, 5.74) is 3.48. The van der Waals surface area contributed by atoms with Crippen LogP contribution < -0.4 is 5.73 Å². The van der Waals surface area contributed by atoms with Gasteiger partial charge in [0, 0.05) is 5.69 Å². The number of anilines is 1. The van der Waals surface area contributed by atoms with E-state index in [0.29, 0.717) is 11.3 Å². The first-order chi connectivity index (χ1) is 10.3. The van der Waals surface area contributed by atoms with Crippen molar-refractivity contribution in [2.75, 3.05) is 5.73 Å². The van der Waals surface area contributed by atoms with Crippen LogP contribution in [0.3, 0.4) is 0 Å². The molecule has 0 saturated heterocycles. The molecule has 2 aromatic rings. The SMILES string of the molecule is Nc1ccc(/C=C/c2c(F)c(F)c([N+](=O)[O-])c(F)c2F)cc1. The number of nitrogens with zero attached hydrogens (tertiary/aromatic N) is 1. The van der Waals surface area contributed by atoms with Gasteiger partial charge in [-0.15, -0.1) is 0 Å². The van der Waals surface area contributed by atoms with E-state index in [0.717, 1.165) is 6.08 Å². The van der Waals surface area contributed by atoms with Gasteiger partial charge in [0.2, 0.25) is 11.6 Å². The van der Waals surface area contributed by atoms with Gasteiger partial charge in [0.25, 0.3) is 0 Å². The van der Waals surface area contributed by atoms with Gasteiger partial charge in [-0.2, -0.15) is 8.78 Å². The van der Waals surface area contributed by atoms with Crippen LogP contribution in [-0.2, 0) is 0 Å². The summed E-state index contributed by atoms with van der Waals surface area (Å²) in [6.07, 6.45) is 1.97. The number of nitrogen functional groups attached to an aromatic ring is 1. The van der Waals surface area contributed by atoms with Gasteiger partial charge in [-0.25, -0.2) is 8.78 Å². The van der Waals surface area contributed by atoms with E-state index in [1.807, 2.05) is 0 Å². The highest BCUT2D eigenvalue weighted by molar-refractivity contribution is 5.71. The Morgan fingerprint density at radius 1 is 0.909 bits per heavy atom. The number of rotatable bonds is 3. The maximum Gasteiger partial charge on any atom is 0.346 e. The molecule has 0 aromatic heterocycles. The van der Waals surface area contributed by atoms with Crippen LogP contribution in [-0.4, -0.2) is 4.92 Å². The summed E-state index contributed by atoms with van der Waals surface area (Å²) in [7, 11) is 0. The van der Waals surface area contributed by atoms with Crippen molar-refractivity contribution in [3.63, 3.8) is 0 Å². The van der Waals surface area contributed by atoms with Crippen molar-refractivity contribution in [3.05, 3.63) is 68.8 Å².